The van der Waals surface area contributed by atoms with Gasteiger partial charge in [-0.15, -0.1) is 11.3 Å². The molecule has 0 bridgehead atoms. The average molecular weight is 413 g/mol. The standard InChI is InChI=1S/C23H28N2O3S/c1-14(2)12-28-22(27)19-15(3)18-20(29-19)24-13-25(21(18)26)11-16-7-9-17(10-8-16)23(4,5)6/h7-10,13-14H,11-12H2,1-6H3. The molecule has 2 heterocycles. The van der Waals surface area contributed by atoms with Gasteiger partial charge in [0.15, 0.2) is 0 Å². The number of carbonyl (C=O) groups excluding carboxylic acids is 1. The Labute approximate surface area is 175 Å². The molecule has 3 aromatic rings. The molecule has 1 aromatic carbocycles. The lowest BCUT2D eigenvalue weighted by Gasteiger charge is -2.19. The fourth-order valence-corrected chi connectivity index (χ4v) is 4.11. The van der Waals surface area contributed by atoms with Crippen LogP contribution < -0.4 is 5.56 Å². The van der Waals surface area contributed by atoms with Gasteiger partial charge in [0.25, 0.3) is 5.56 Å². The molecule has 0 radical (unpaired) electrons. The van der Waals surface area contributed by atoms with Gasteiger partial charge in [-0.3, -0.25) is 9.36 Å². The van der Waals surface area contributed by atoms with Crippen LogP contribution >= 0.6 is 11.3 Å². The van der Waals surface area contributed by atoms with Gasteiger partial charge in [0.1, 0.15) is 9.71 Å². The molecule has 0 saturated heterocycles. The van der Waals surface area contributed by atoms with Gasteiger partial charge in [0.05, 0.1) is 24.9 Å². The van der Waals surface area contributed by atoms with Crippen LogP contribution in [0.25, 0.3) is 10.2 Å². The Morgan fingerprint density at radius 3 is 2.45 bits per heavy atom. The van der Waals surface area contributed by atoms with Crippen LogP contribution in [0, 0.1) is 12.8 Å². The molecular formula is C23H28N2O3S. The molecule has 0 amide bonds. The first-order valence-corrected chi connectivity index (χ1v) is 10.6. The van der Waals surface area contributed by atoms with Crippen molar-refractivity contribution in [3.63, 3.8) is 0 Å². The summed E-state index contributed by atoms with van der Waals surface area (Å²) in [4.78, 5) is 30.9. The average Bonchev–Trinajstić information content (AvgIpc) is 2.99. The number of carbonyl (C=O) groups is 1. The zero-order valence-electron chi connectivity index (χ0n) is 17.9. The molecule has 0 aliphatic heterocycles. The second-order valence-electron chi connectivity index (χ2n) is 8.85. The van der Waals surface area contributed by atoms with Crippen molar-refractivity contribution in [1.29, 1.82) is 0 Å². The summed E-state index contributed by atoms with van der Waals surface area (Å²) < 4.78 is 6.93. The topological polar surface area (TPSA) is 61.2 Å². The molecule has 2 aromatic heterocycles. The third-order valence-electron chi connectivity index (χ3n) is 4.82. The Morgan fingerprint density at radius 1 is 1.21 bits per heavy atom. The maximum absolute atomic E-state index is 13.1. The number of aromatic nitrogens is 2. The monoisotopic (exact) mass is 412 g/mol. The highest BCUT2D eigenvalue weighted by Crippen LogP contribution is 2.28. The molecule has 0 fully saturated rings. The van der Waals surface area contributed by atoms with Gasteiger partial charge in [0.2, 0.25) is 0 Å². The van der Waals surface area contributed by atoms with Crippen molar-refractivity contribution in [3.05, 3.63) is 62.5 Å². The highest BCUT2D eigenvalue weighted by atomic mass is 32.1. The summed E-state index contributed by atoms with van der Waals surface area (Å²) in [6.07, 6.45) is 1.56. The molecule has 0 unspecified atom stereocenters. The molecule has 0 atom stereocenters. The van der Waals surface area contributed by atoms with Crippen LogP contribution in [0.15, 0.2) is 35.4 Å². The minimum Gasteiger partial charge on any atom is -0.461 e. The summed E-state index contributed by atoms with van der Waals surface area (Å²) in [6, 6.07) is 8.30. The fraction of sp³-hybridized carbons (Fsp3) is 0.435. The molecule has 0 N–H and O–H groups in total. The van der Waals surface area contributed by atoms with Crippen LogP contribution in [0.1, 0.15) is 61.0 Å². The molecule has 29 heavy (non-hydrogen) atoms. The van der Waals surface area contributed by atoms with Crippen molar-refractivity contribution in [3.8, 4) is 0 Å². The van der Waals surface area contributed by atoms with E-state index in [1.54, 1.807) is 17.8 Å². The first kappa shape index (κ1) is 21.2. The highest BCUT2D eigenvalue weighted by Gasteiger charge is 2.21. The molecule has 154 valence electrons. The predicted octanol–water partition coefficient (Wildman–Crippen LogP) is 4.93. The number of fused-ring (bicyclic) bond motifs is 1. The first-order valence-electron chi connectivity index (χ1n) is 9.83. The van der Waals surface area contributed by atoms with Crippen LogP contribution in [-0.2, 0) is 16.7 Å². The van der Waals surface area contributed by atoms with Crippen LogP contribution in [0.2, 0.25) is 0 Å². The second-order valence-corrected chi connectivity index (χ2v) is 9.85. The van der Waals surface area contributed by atoms with E-state index in [-0.39, 0.29) is 22.9 Å². The van der Waals surface area contributed by atoms with E-state index >= 15 is 0 Å². The molecule has 3 rings (SSSR count). The second kappa shape index (κ2) is 8.11. The molecule has 0 aliphatic rings. The van der Waals surface area contributed by atoms with Gasteiger partial charge in [-0.05, 0) is 34.9 Å². The van der Waals surface area contributed by atoms with E-state index in [0.29, 0.717) is 33.8 Å². The number of ether oxygens (including phenoxy) is 1. The Balaban J connectivity index is 1.91. The van der Waals surface area contributed by atoms with Crippen molar-refractivity contribution in [2.75, 3.05) is 6.61 Å². The van der Waals surface area contributed by atoms with Crippen molar-refractivity contribution >= 4 is 27.5 Å². The van der Waals surface area contributed by atoms with Crippen LogP contribution in [0.3, 0.4) is 0 Å². The quantitative estimate of drug-likeness (QED) is 0.558. The number of hydrogen-bond donors (Lipinski definition) is 0. The number of thiophene rings is 1. The summed E-state index contributed by atoms with van der Waals surface area (Å²) in [5.74, 6) is -0.128. The molecule has 0 saturated carbocycles. The highest BCUT2D eigenvalue weighted by molar-refractivity contribution is 7.20. The van der Waals surface area contributed by atoms with Crippen molar-refractivity contribution in [2.24, 2.45) is 5.92 Å². The summed E-state index contributed by atoms with van der Waals surface area (Å²) in [6.45, 7) is 13.1. The molecule has 0 aliphatic carbocycles. The molecule has 0 spiro atoms. The Morgan fingerprint density at radius 2 is 1.86 bits per heavy atom. The minimum absolute atomic E-state index is 0.0875. The summed E-state index contributed by atoms with van der Waals surface area (Å²) in [5.41, 5.74) is 2.89. The largest absolute Gasteiger partial charge is 0.461 e. The van der Waals surface area contributed by atoms with Gasteiger partial charge in [-0.25, -0.2) is 9.78 Å². The van der Waals surface area contributed by atoms with E-state index in [4.69, 9.17) is 4.74 Å². The molecule has 5 nitrogen and oxygen atoms in total. The van der Waals surface area contributed by atoms with E-state index in [9.17, 15) is 9.59 Å². The Kier molecular flexibility index (Phi) is 5.94. The number of esters is 1. The van der Waals surface area contributed by atoms with E-state index in [2.05, 4.69) is 37.9 Å². The zero-order chi connectivity index (χ0) is 21.3. The van der Waals surface area contributed by atoms with Gasteiger partial charge >= 0.3 is 5.97 Å². The predicted molar refractivity (Wildman–Crippen MR) is 118 cm³/mol. The maximum atomic E-state index is 13.1. The third kappa shape index (κ3) is 4.58. The zero-order valence-corrected chi connectivity index (χ0v) is 18.7. The van der Waals surface area contributed by atoms with Crippen LogP contribution in [0.5, 0.6) is 0 Å². The van der Waals surface area contributed by atoms with Gasteiger partial charge in [-0.2, -0.15) is 0 Å². The van der Waals surface area contributed by atoms with Gasteiger partial charge in [0, 0.05) is 0 Å². The van der Waals surface area contributed by atoms with Crippen LogP contribution in [0.4, 0.5) is 0 Å². The van der Waals surface area contributed by atoms with Gasteiger partial charge in [-0.1, -0.05) is 58.9 Å². The SMILES string of the molecule is Cc1c(C(=O)OCC(C)C)sc2ncn(Cc3ccc(C(C)(C)C)cc3)c(=O)c12. The number of nitrogens with zero attached hydrogens (tertiary/aromatic N) is 2. The maximum Gasteiger partial charge on any atom is 0.348 e. The first-order chi connectivity index (χ1) is 13.6. The normalized spacial score (nSPS) is 12.0. The lowest BCUT2D eigenvalue weighted by atomic mass is 9.87. The molecular weight excluding hydrogens is 384 g/mol. The van der Waals surface area contributed by atoms with Crippen molar-refractivity contribution in [1.82, 2.24) is 9.55 Å². The minimum atomic E-state index is -0.386. The van der Waals surface area contributed by atoms with Crippen molar-refractivity contribution in [2.45, 2.75) is 53.5 Å². The van der Waals surface area contributed by atoms with E-state index in [1.165, 1.54) is 16.9 Å². The smallest absolute Gasteiger partial charge is 0.348 e. The summed E-state index contributed by atoms with van der Waals surface area (Å²) in [5, 5.41) is 0.500. The van der Waals surface area contributed by atoms with Crippen molar-refractivity contribution < 1.29 is 9.53 Å². The Hall–Kier alpha value is -2.47. The number of rotatable bonds is 5. The number of benzene rings is 1. The van der Waals surface area contributed by atoms with E-state index < -0.39 is 0 Å². The van der Waals surface area contributed by atoms with E-state index in [0.717, 1.165) is 5.56 Å². The lowest BCUT2D eigenvalue weighted by molar-refractivity contribution is 0.0464. The van der Waals surface area contributed by atoms with Gasteiger partial charge < -0.3 is 4.74 Å². The van der Waals surface area contributed by atoms with Crippen LogP contribution in [-0.4, -0.2) is 22.1 Å². The Bertz CT molecular complexity index is 1090. The van der Waals surface area contributed by atoms with E-state index in [1.807, 2.05) is 26.0 Å². The number of aryl methyl sites for hydroxylation is 1. The summed E-state index contributed by atoms with van der Waals surface area (Å²) in [7, 11) is 0. The fourth-order valence-electron chi connectivity index (χ4n) is 3.08. The number of hydrogen-bond acceptors (Lipinski definition) is 5. The summed E-state index contributed by atoms with van der Waals surface area (Å²) >= 11 is 1.22. The molecule has 6 heteroatoms. The lowest BCUT2D eigenvalue weighted by Crippen LogP contribution is -2.21. The third-order valence-corrected chi connectivity index (χ3v) is 6.00.